The first kappa shape index (κ1) is 19.4. The third kappa shape index (κ3) is 4.18. The van der Waals surface area contributed by atoms with Crippen LogP contribution in [0.3, 0.4) is 0 Å². The van der Waals surface area contributed by atoms with E-state index in [1.807, 2.05) is 37.3 Å². The number of carbonyl (C=O) groups is 1. The SMILES string of the molecule is Cc1cccc(-c2ccnc[n+]2CC(=O)c2ccccc2[N+](=O)[O-])c1.[Br-]. The number of nitrogens with zero attached hydrogens (tertiary/aromatic N) is 3. The van der Waals surface area contributed by atoms with E-state index in [2.05, 4.69) is 4.98 Å². The van der Waals surface area contributed by atoms with Crippen molar-refractivity contribution in [2.24, 2.45) is 0 Å². The lowest BCUT2D eigenvalue weighted by Gasteiger charge is -2.07. The Kier molecular flexibility index (Phi) is 6.30. The van der Waals surface area contributed by atoms with E-state index >= 15 is 0 Å². The number of carbonyl (C=O) groups excluding carboxylic acids is 1. The van der Waals surface area contributed by atoms with Crippen molar-refractivity contribution in [3.8, 4) is 11.3 Å². The summed E-state index contributed by atoms with van der Waals surface area (Å²) in [5.74, 6) is -0.334. The fourth-order valence-corrected chi connectivity index (χ4v) is 2.69. The fourth-order valence-electron chi connectivity index (χ4n) is 2.69. The number of hydrogen-bond acceptors (Lipinski definition) is 4. The number of halogens is 1. The van der Waals surface area contributed by atoms with Crippen molar-refractivity contribution in [1.29, 1.82) is 0 Å². The van der Waals surface area contributed by atoms with E-state index in [0.717, 1.165) is 16.8 Å². The summed E-state index contributed by atoms with van der Waals surface area (Å²) in [6.45, 7) is 1.97. The Labute approximate surface area is 161 Å². The van der Waals surface area contributed by atoms with E-state index in [1.54, 1.807) is 29.2 Å². The van der Waals surface area contributed by atoms with E-state index in [0.29, 0.717) is 0 Å². The molecule has 0 amide bonds. The molecule has 0 radical (unpaired) electrons. The number of aromatic nitrogens is 2. The lowest BCUT2D eigenvalue weighted by atomic mass is 10.1. The van der Waals surface area contributed by atoms with Crippen LogP contribution < -0.4 is 21.5 Å². The maximum Gasteiger partial charge on any atom is 0.286 e. The molecule has 26 heavy (non-hydrogen) atoms. The summed E-state index contributed by atoms with van der Waals surface area (Å²) in [5, 5.41) is 11.1. The van der Waals surface area contributed by atoms with Crippen LogP contribution in [0, 0.1) is 17.0 Å². The van der Waals surface area contributed by atoms with E-state index in [1.165, 1.54) is 12.1 Å². The molecule has 3 rings (SSSR count). The Balaban J connectivity index is 0.00000243. The van der Waals surface area contributed by atoms with Gasteiger partial charge in [0.25, 0.3) is 12.0 Å². The summed E-state index contributed by atoms with van der Waals surface area (Å²) in [6.07, 6.45) is 3.22. The number of hydrogen-bond donors (Lipinski definition) is 0. The standard InChI is InChI=1S/C19H16N3O3.BrH/c1-14-5-4-6-15(11-14)17-9-10-20-13-21(17)12-19(23)16-7-2-3-8-18(16)22(24)25;/h2-11,13H,12H2,1H3;1H/q+1;/p-1. The van der Waals surface area contributed by atoms with Crippen molar-refractivity contribution < 1.29 is 31.3 Å². The largest absolute Gasteiger partial charge is 1.00 e. The quantitative estimate of drug-likeness (QED) is 0.258. The summed E-state index contributed by atoms with van der Waals surface area (Å²) in [5.41, 5.74) is 2.79. The second kappa shape index (κ2) is 8.44. The van der Waals surface area contributed by atoms with E-state index in [-0.39, 0.29) is 40.6 Å². The first-order valence-corrected chi connectivity index (χ1v) is 7.73. The summed E-state index contributed by atoms with van der Waals surface area (Å²) in [4.78, 5) is 27.3. The Morgan fingerprint density at radius 3 is 2.65 bits per heavy atom. The molecule has 0 aliphatic rings. The molecule has 0 fully saturated rings. The maximum absolute atomic E-state index is 12.6. The molecule has 0 saturated heterocycles. The number of para-hydroxylation sites is 1. The molecule has 0 unspecified atom stereocenters. The van der Waals surface area contributed by atoms with E-state index in [4.69, 9.17) is 0 Å². The molecule has 2 aromatic carbocycles. The molecule has 132 valence electrons. The third-order valence-corrected chi connectivity index (χ3v) is 3.86. The number of nitro groups is 1. The van der Waals surface area contributed by atoms with Crippen LogP contribution in [-0.2, 0) is 6.54 Å². The normalized spacial score (nSPS) is 10.0. The number of ketones is 1. The summed E-state index contributed by atoms with van der Waals surface area (Å²) < 4.78 is 1.70. The Morgan fingerprint density at radius 2 is 1.92 bits per heavy atom. The van der Waals surface area contributed by atoms with Gasteiger partial charge in [0.2, 0.25) is 5.78 Å². The predicted molar refractivity (Wildman–Crippen MR) is 92.0 cm³/mol. The topological polar surface area (TPSA) is 77.0 Å². The van der Waals surface area contributed by atoms with Gasteiger partial charge in [-0.25, -0.2) is 4.57 Å². The highest BCUT2D eigenvalue weighted by atomic mass is 79.9. The fraction of sp³-hybridized carbons (Fsp3) is 0.105. The lowest BCUT2D eigenvalue weighted by molar-refractivity contribution is -0.675. The molecular formula is C19H16BrN3O3. The van der Waals surface area contributed by atoms with Gasteiger partial charge in [-0.15, -0.1) is 0 Å². The van der Waals surface area contributed by atoms with Crippen LogP contribution in [0.5, 0.6) is 0 Å². The molecule has 1 aromatic heterocycles. The average Bonchev–Trinajstić information content (AvgIpc) is 2.62. The highest BCUT2D eigenvalue weighted by Gasteiger charge is 2.22. The zero-order valence-electron chi connectivity index (χ0n) is 14.0. The number of aryl methyl sites for hydroxylation is 1. The zero-order chi connectivity index (χ0) is 17.8. The molecule has 0 aliphatic carbocycles. The molecule has 0 N–H and O–H groups in total. The van der Waals surface area contributed by atoms with Gasteiger partial charge >= 0.3 is 0 Å². The number of Topliss-reactive ketones (excluding diaryl/α,β-unsaturated/α-hetero) is 1. The summed E-state index contributed by atoms with van der Waals surface area (Å²) >= 11 is 0. The molecule has 0 aliphatic heterocycles. The Hall–Kier alpha value is -2.93. The monoisotopic (exact) mass is 413 g/mol. The summed E-state index contributed by atoms with van der Waals surface area (Å²) in [6, 6.07) is 15.7. The van der Waals surface area contributed by atoms with Crippen LogP contribution >= 0.6 is 0 Å². The minimum atomic E-state index is -0.539. The Bertz CT molecular complexity index is 960. The van der Waals surface area contributed by atoms with Gasteiger partial charge in [0.05, 0.1) is 10.5 Å². The first-order chi connectivity index (χ1) is 12.1. The van der Waals surface area contributed by atoms with Crippen LogP contribution in [-0.4, -0.2) is 15.7 Å². The van der Waals surface area contributed by atoms with Gasteiger partial charge in [-0.3, -0.25) is 14.9 Å². The van der Waals surface area contributed by atoms with Crippen LogP contribution in [0.2, 0.25) is 0 Å². The zero-order valence-corrected chi connectivity index (χ0v) is 15.6. The van der Waals surface area contributed by atoms with E-state index in [9.17, 15) is 14.9 Å². The van der Waals surface area contributed by atoms with Crippen molar-refractivity contribution in [2.75, 3.05) is 0 Å². The van der Waals surface area contributed by atoms with Crippen LogP contribution in [0.1, 0.15) is 15.9 Å². The molecule has 3 aromatic rings. The highest BCUT2D eigenvalue weighted by molar-refractivity contribution is 5.98. The molecular weight excluding hydrogens is 398 g/mol. The molecule has 0 spiro atoms. The van der Waals surface area contributed by atoms with Crippen molar-refractivity contribution >= 4 is 11.5 Å². The van der Waals surface area contributed by atoms with Crippen molar-refractivity contribution in [2.45, 2.75) is 13.5 Å². The van der Waals surface area contributed by atoms with Gasteiger partial charge < -0.3 is 17.0 Å². The molecule has 1 heterocycles. The van der Waals surface area contributed by atoms with Crippen LogP contribution in [0.4, 0.5) is 5.69 Å². The second-order valence-corrected chi connectivity index (χ2v) is 5.66. The lowest BCUT2D eigenvalue weighted by Crippen LogP contribution is -3.00. The smallest absolute Gasteiger partial charge is 0.286 e. The van der Waals surface area contributed by atoms with Crippen molar-refractivity contribution in [3.63, 3.8) is 0 Å². The van der Waals surface area contributed by atoms with E-state index < -0.39 is 4.92 Å². The first-order valence-electron chi connectivity index (χ1n) is 7.73. The number of nitro benzene ring substituents is 1. The molecule has 0 saturated carbocycles. The molecule has 6 nitrogen and oxygen atoms in total. The average molecular weight is 414 g/mol. The van der Waals surface area contributed by atoms with Gasteiger partial charge in [-0.1, -0.05) is 40.9 Å². The second-order valence-electron chi connectivity index (χ2n) is 5.66. The molecule has 0 atom stereocenters. The van der Waals surface area contributed by atoms with Gasteiger partial charge in [-0.2, -0.15) is 0 Å². The minimum absolute atomic E-state index is 0. The van der Waals surface area contributed by atoms with Gasteiger partial charge in [-0.05, 0) is 19.1 Å². The third-order valence-electron chi connectivity index (χ3n) is 3.86. The minimum Gasteiger partial charge on any atom is -1.00 e. The molecule has 0 bridgehead atoms. The van der Waals surface area contributed by atoms with Gasteiger partial charge in [0.1, 0.15) is 11.9 Å². The predicted octanol–water partition coefficient (Wildman–Crippen LogP) is 0.140. The maximum atomic E-state index is 12.6. The number of rotatable bonds is 5. The number of benzene rings is 2. The highest BCUT2D eigenvalue weighted by Crippen LogP contribution is 2.19. The van der Waals surface area contributed by atoms with Gasteiger partial charge in [0, 0.05) is 17.7 Å². The summed E-state index contributed by atoms with van der Waals surface area (Å²) in [7, 11) is 0. The van der Waals surface area contributed by atoms with Crippen molar-refractivity contribution in [1.82, 2.24) is 4.98 Å². The Morgan fingerprint density at radius 1 is 1.15 bits per heavy atom. The molecule has 7 heteroatoms. The van der Waals surface area contributed by atoms with Gasteiger partial charge in [0.15, 0.2) is 6.54 Å². The van der Waals surface area contributed by atoms with Crippen LogP contribution in [0.15, 0.2) is 67.1 Å². The van der Waals surface area contributed by atoms with Crippen LogP contribution in [0.25, 0.3) is 11.3 Å². The van der Waals surface area contributed by atoms with Crippen molar-refractivity contribution in [3.05, 3.63) is 88.4 Å².